The molecule has 1 aliphatic rings. The zero-order valence-electron chi connectivity index (χ0n) is 15.5. The monoisotopic (exact) mass is 404 g/mol. The van der Waals surface area contributed by atoms with Gasteiger partial charge >= 0.3 is 5.91 Å². The van der Waals surface area contributed by atoms with Gasteiger partial charge in [-0.1, -0.05) is 60.1 Å². The summed E-state index contributed by atoms with van der Waals surface area (Å²) >= 11 is 6.02. The van der Waals surface area contributed by atoms with Gasteiger partial charge in [0.25, 0.3) is 5.78 Å². The van der Waals surface area contributed by atoms with Crippen LogP contribution in [-0.2, 0) is 9.59 Å². The number of Topliss-reactive ketones (excluding diaryl/α,β-unsaturated/α-hetero) is 1. The largest absolute Gasteiger partial charge is 0.507 e. The molecule has 3 aromatic rings. The van der Waals surface area contributed by atoms with Gasteiger partial charge in [0, 0.05) is 16.3 Å². The van der Waals surface area contributed by atoms with Crippen molar-refractivity contribution in [2.45, 2.75) is 13.0 Å². The molecule has 0 saturated carbocycles. The lowest BCUT2D eigenvalue weighted by Gasteiger charge is -2.24. The molecule has 1 atom stereocenters. The van der Waals surface area contributed by atoms with E-state index in [1.54, 1.807) is 73.7 Å². The van der Waals surface area contributed by atoms with Crippen molar-refractivity contribution in [2.24, 2.45) is 0 Å². The van der Waals surface area contributed by atoms with Gasteiger partial charge in [-0.05, 0) is 36.8 Å². The minimum absolute atomic E-state index is 0.0202. The van der Waals surface area contributed by atoms with Crippen molar-refractivity contribution >= 4 is 34.9 Å². The van der Waals surface area contributed by atoms with E-state index in [1.165, 1.54) is 4.90 Å². The smallest absolute Gasteiger partial charge is 0.301 e. The van der Waals surface area contributed by atoms with Crippen LogP contribution in [0.2, 0.25) is 5.02 Å². The number of hydrogen-bond donors (Lipinski definition) is 1. The first kappa shape index (κ1) is 18.9. The van der Waals surface area contributed by atoms with Gasteiger partial charge < -0.3 is 5.11 Å². The molecule has 2 heterocycles. The van der Waals surface area contributed by atoms with Crippen LogP contribution in [0.1, 0.15) is 22.9 Å². The number of aromatic nitrogens is 1. The Labute approximate surface area is 172 Å². The van der Waals surface area contributed by atoms with E-state index in [4.69, 9.17) is 11.6 Å². The predicted octanol–water partition coefficient (Wildman–Crippen LogP) is 4.67. The molecule has 0 spiro atoms. The number of carbonyl (C=O) groups excluding carboxylic acids is 2. The molecular formula is C23H17ClN2O3. The molecule has 4 rings (SSSR count). The molecular weight excluding hydrogens is 388 g/mol. The van der Waals surface area contributed by atoms with Gasteiger partial charge in [0.1, 0.15) is 11.6 Å². The zero-order valence-corrected chi connectivity index (χ0v) is 16.3. The van der Waals surface area contributed by atoms with Crippen LogP contribution in [0.15, 0.2) is 78.4 Å². The van der Waals surface area contributed by atoms with Crippen LogP contribution in [0, 0.1) is 6.92 Å². The van der Waals surface area contributed by atoms with Crippen LogP contribution in [0.5, 0.6) is 0 Å². The molecule has 1 aliphatic heterocycles. The van der Waals surface area contributed by atoms with Gasteiger partial charge in [-0.15, -0.1) is 0 Å². The highest BCUT2D eigenvalue weighted by Gasteiger charge is 2.47. The highest BCUT2D eigenvalue weighted by Crippen LogP contribution is 2.41. The number of benzene rings is 2. The van der Waals surface area contributed by atoms with Crippen molar-refractivity contribution in [2.75, 3.05) is 4.90 Å². The molecule has 1 aromatic heterocycles. The second-order valence-electron chi connectivity index (χ2n) is 6.72. The number of rotatable bonds is 3. The third-order valence-electron chi connectivity index (χ3n) is 4.80. The summed E-state index contributed by atoms with van der Waals surface area (Å²) < 4.78 is 0. The summed E-state index contributed by atoms with van der Waals surface area (Å²) in [5.41, 5.74) is 1.84. The number of nitrogens with zero attached hydrogens (tertiary/aromatic N) is 2. The number of aliphatic hydroxyl groups is 1. The Kier molecular flexibility index (Phi) is 4.91. The Balaban J connectivity index is 1.96. The second kappa shape index (κ2) is 7.53. The SMILES string of the molecule is Cc1cccc(N2C(=O)C(=O)C(=C(O)c3ccccc3)C2c2ccc(Cl)cc2)n1. The van der Waals surface area contributed by atoms with Crippen molar-refractivity contribution in [3.05, 3.63) is 100 Å². The van der Waals surface area contributed by atoms with E-state index in [2.05, 4.69) is 4.98 Å². The summed E-state index contributed by atoms with van der Waals surface area (Å²) in [6.45, 7) is 1.81. The molecule has 29 heavy (non-hydrogen) atoms. The van der Waals surface area contributed by atoms with Crippen LogP contribution in [0.25, 0.3) is 5.76 Å². The number of amides is 1. The van der Waals surface area contributed by atoms with Crippen LogP contribution in [-0.4, -0.2) is 21.8 Å². The minimum atomic E-state index is -0.818. The summed E-state index contributed by atoms with van der Waals surface area (Å²) in [7, 11) is 0. The normalized spacial score (nSPS) is 18.3. The first-order valence-corrected chi connectivity index (χ1v) is 9.40. The molecule has 0 aliphatic carbocycles. The number of pyridine rings is 1. The average Bonchev–Trinajstić information content (AvgIpc) is 2.99. The average molecular weight is 405 g/mol. The van der Waals surface area contributed by atoms with Crippen molar-refractivity contribution in [3.63, 3.8) is 0 Å². The second-order valence-corrected chi connectivity index (χ2v) is 7.16. The van der Waals surface area contributed by atoms with Crippen LogP contribution < -0.4 is 4.90 Å². The van der Waals surface area contributed by atoms with Gasteiger partial charge in [-0.3, -0.25) is 14.5 Å². The van der Waals surface area contributed by atoms with Crippen LogP contribution >= 0.6 is 11.6 Å². The maximum atomic E-state index is 13.0. The molecule has 1 amide bonds. The molecule has 2 aromatic carbocycles. The lowest BCUT2D eigenvalue weighted by atomic mass is 9.95. The van der Waals surface area contributed by atoms with Crippen molar-refractivity contribution < 1.29 is 14.7 Å². The third-order valence-corrected chi connectivity index (χ3v) is 5.05. The van der Waals surface area contributed by atoms with Crippen molar-refractivity contribution in [3.8, 4) is 0 Å². The van der Waals surface area contributed by atoms with Gasteiger partial charge in [-0.2, -0.15) is 0 Å². The maximum Gasteiger partial charge on any atom is 0.301 e. The first-order valence-electron chi connectivity index (χ1n) is 9.03. The third kappa shape index (κ3) is 3.41. The Bertz CT molecular complexity index is 1120. The molecule has 5 nitrogen and oxygen atoms in total. The lowest BCUT2D eigenvalue weighted by Crippen LogP contribution is -2.30. The van der Waals surface area contributed by atoms with Crippen LogP contribution in [0.3, 0.4) is 0 Å². The summed E-state index contributed by atoms with van der Waals surface area (Å²) in [5, 5.41) is 11.5. The lowest BCUT2D eigenvalue weighted by molar-refractivity contribution is -0.132. The van der Waals surface area contributed by atoms with Crippen molar-refractivity contribution in [1.82, 2.24) is 4.98 Å². The number of aliphatic hydroxyl groups excluding tert-OH is 1. The van der Waals surface area contributed by atoms with Gasteiger partial charge in [-0.25, -0.2) is 4.98 Å². The number of aryl methyl sites for hydroxylation is 1. The highest BCUT2D eigenvalue weighted by atomic mass is 35.5. The van der Waals surface area contributed by atoms with E-state index in [1.807, 2.05) is 6.07 Å². The standard InChI is InChI=1S/C23H17ClN2O3/c1-14-6-5-9-18(25-14)26-20(15-10-12-17(24)13-11-15)19(22(28)23(26)29)21(27)16-7-3-2-4-8-16/h2-13,20,27H,1H3. The minimum Gasteiger partial charge on any atom is -0.507 e. The molecule has 1 N–H and O–H groups in total. The number of carbonyl (C=O) groups is 2. The quantitative estimate of drug-likeness (QED) is 0.391. The van der Waals surface area contributed by atoms with E-state index in [9.17, 15) is 14.7 Å². The Morgan fingerprint density at radius 1 is 0.966 bits per heavy atom. The molecule has 144 valence electrons. The summed E-state index contributed by atoms with van der Waals surface area (Å²) in [5.74, 6) is -1.37. The molecule has 1 unspecified atom stereocenters. The Hall–Kier alpha value is -3.44. The van der Waals surface area contributed by atoms with Gasteiger partial charge in [0.2, 0.25) is 0 Å². The Morgan fingerprint density at radius 3 is 2.31 bits per heavy atom. The summed E-state index contributed by atoms with van der Waals surface area (Å²) in [4.78, 5) is 31.7. The molecule has 0 radical (unpaired) electrons. The fourth-order valence-corrected chi connectivity index (χ4v) is 3.57. The van der Waals surface area contributed by atoms with Gasteiger partial charge in [0.15, 0.2) is 0 Å². The number of hydrogen-bond acceptors (Lipinski definition) is 4. The molecule has 0 bridgehead atoms. The fraction of sp³-hybridized carbons (Fsp3) is 0.0870. The van der Waals surface area contributed by atoms with E-state index < -0.39 is 17.7 Å². The molecule has 1 fully saturated rings. The number of ketones is 1. The first-order chi connectivity index (χ1) is 14.0. The molecule has 1 saturated heterocycles. The van der Waals surface area contributed by atoms with E-state index in [0.29, 0.717) is 27.7 Å². The van der Waals surface area contributed by atoms with Crippen molar-refractivity contribution in [1.29, 1.82) is 0 Å². The summed E-state index contributed by atoms with van der Waals surface area (Å²) in [6.07, 6.45) is 0. The molecule has 6 heteroatoms. The van der Waals surface area contributed by atoms with Crippen LogP contribution in [0.4, 0.5) is 5.82 Å². The van der Waals surface area contributed by atoms with E-state index >= 15 is 0 Å². The fourth-order valence-electron chi connectivity index (χ4n) is 3.44. The number of halogens is 1. The zero-order chi connectivity index (χ0) is 20.5. The summed E-state index contributed by atoms with van der Waals surface area (Å²) in [6, 6.07) is 20.0. The Morgan fingerprint density at radius 2 is 1.66 bits per heavy atom. The topological polar surface area (TPSA) is 70.5 Å². The number of anilines is 1. The predicted molar refractivity (Wildman–Crippen MR) is 112 cm³/mol. The maximum absolute atomic E-state index is 13.0. The van der Waals surface area contributed by atoms with Gasteiger partial charge in [0.05, 0.1) is 11.6 Å². The van der Waals surface area contributed by atoms with E-state index in [0.717, 1.165) is 0 Å². The highest BCUT2D eigenvalue weighted by molar-refractivity contribution is 6.51. The van der Waals surface area contributed by atoms with E-state index in [-0.39, 0.29) is 11.3 Å².